The summed E-state index contributed by atoms with van der Waals surface area (Å²) in [5.41, 5.74) is 0.643. The molecule has 0 bridgehead atoms. The van der Waals surface area contributed by atoms with Gasteiger partial charge in [0.2, 0.25) is 5.89 Å². The molecule has 1 unspecified atom stereocenters. The predicted octanol–water partition coefficient (Wildman–Crippen LogP) is 1.47. The fourth-order valence-corrected chi connectivity index (χ4v) is 2.00. The molecular weight excluding hydrogens is 268 g/mol. The van der Waals surface area contributed by atoms with E-state index < -0.39 is 15.1 Å². The van der Waals surface area contributed by atoms with Crippen LogP contribution in [0.25, 0.3) is 0 Å². The third kappa shape index (κ3) is 3.11. The average molecular weight is 282 g/mol. The highest BCUT2D eigenvalue weighted by atomic mass is 32.2. The highest BCUT2D eigenvalue weighted by Gasteiger charge is 2.23. The fourth-order valence-electron chi connectivity index (χ4n) is 1.52. The first-order valence-electron chi connectivity index (χ1n) is 5.66. The van der Waals surface area contributed by atoms with Gasteiger partial charge in [0.15, 0.2) is 15.7 Å². The summed E-state index contributed by atoms with van der Waals surface area (Å²) in [6, 6.07) is 6.79. The van der Waals surface area contributed by atoms with Crippen LogP contribution in [0.5, 0.6) is 5.75 Å². The number of aromatic nitrogens is 2. The van der Waals surface area contributed by atoms with Crippen LogP contribution in [0.3, 0.4) is 0 Å². The Balaban J connectivity index is 2.21. The van der Waals surface area contributed by atoms with Crippen molar-refractivity contribution in [1.29, 1.82) is 0 Å². The lowest BCUT2D eigenvalue weighted by Gasteiger charge is -2.02. The molecule has 0 aliphatic heterocycles. The van der Waals surface area contributed by atoms with E-state index in [1.54, 1.807) is 24.3 Å². The Hall–Kier alpha value is -1.89. The minimum atomic E-state index is -3.26. The molecule has 2 rings (SSSR count). The number of rotatable bonds is 4. The monoisotopic (exact) mass is 282 g/mol. The standard InChI is InChI=1S/C12H14N2O4S/c1-8(19(2,16)17)12-13-11(18-14-12)7-9-5-3-4-6-10(9)15/h3-6,8,15H,7H2,1-2H3. The molecule has 0 radical (unpaired) electrons. The van der Waals surface area contributed by atoms with Crippen LogP contribution in [0.1, 0.15) is 29.5 Å². The zero-order valence-electron chi connectivity index (χ0n) is 10.6. The van der Waals surface area contributed by atoms with Gasteiger partial charge < -0.3 is 9.63 Å². The lowest BCUT2D eigenvalue weighted by atomic mass is 10.1. The van der Waals surface area contributed by atoms with Gasteiger partial charge >= 0.3 is 0 Å². The quantitative estimate of drug-likeness (QED) is 0.912. The van der Waals surface area contributed by atoms with Crippen LogP contribution in [-0.2, 0) is 16.3 Å². The van der Waals surface area contributed by atoms with E-state index >= 15 is 0 Å². The number of aromatic hydroxyl groups is 1. The van der Waals surface area contributed by atoms with Gasteiger partial charge in [0.1, 0.15) is 11.0 Å². The highest BCUT2D eigenvalue weighted by Crippen LogP contribution is 2.21. The minimum Gasteiger partial charge on any atom is -0.508 e. The smallest absolute Gasteiger partial charge is 0.231 e. The van der Waals surface area contributed by atoms with E-state index in [1.807, 2.05) is 0 Å². The number of nitrogens with zero attached hydrogens (tertiary/aromatic N) is 2. The highest BCUT2D eigenvalue weighted by molar-refractivity contribution is 7.90. The van der Waals surface area contributed by atoms with Crippen molar-refractivity contribution in [1.82, 2.24) is 10.1 Å². The molecule has 1 N–H and O–H groups in total. The van der Waals surface area contributed by atoms with Crippen molar-refractivity contribution in [3.05, 3.63) is 41.5 Å². The first-order chi connectivity index (χ1) is 8.88. The predicted molar refractivity (Wildman–Crippen MR) is 68.5 cm³/mol. The van der Waals surface area contributed by atoms with Gasteiger partial charge in [-0.05, 0) is 13.0 Å². The Morgan fingerprint density at radius 3 is 2.68 bits per heavy atom. The van der Waals surface area contributed by atoms with Crippen molar-refractivity contribution in [3.8, 4) is 5.75 Å². The van der Waals surface area contributed by atoms with Crippen molar-refractivity contribution >= 4 is 9.84 Å². The van der Waals surface area contributed by atoms with E-state index in [-0.39, 0.29) is 23.9 Å². The van der Waals surface area contributed by atoms with Gasteiger partial charge in [-0.2, -0.15) is 4.98 Å². The molecular formula is C12H14N2O4S. The van der Waals surface area contributed by atoms with E-state index in [0.29, 0.717) is 5.56 Å². The summed E-state index contributed by atoms with van der Waals surface area (Å²) in [7, 11) is -3.26. The Kier molecular flexibility index (Phi) is 3.57. The van der Waals surface area contributed by atoms with Gasteiger partial charge in [-0.15, -0.1) is 0 Å². The lowest BCUT2D eigenvalue weighted by Crippen LogP contribution is -2.09. The molecule has 0 aliphatic carbocycles. The van der Waals surface area contributed by atoms with Crippen molar-refractivity contribution in [3.63, 3.8) is 0 Å². The first kappa shape index (κ1) is 13.5. The molecule has 0 aliphatic rings. The summed E-state index contributed by atoms with van der Waals surface area (Å²) < 4.78 is 27.8. The van der Waals surface area contributed by atoms with Crippen LogP contribution < -0.4 is 0 Å². The number of sulfone groups is 1. The summed E-state index contributed by atoms with van der Waals surface area (Å²) in [6.45, 7) is 1.50. The molecule has 1 atom stereocenters. The van der Waals surface area contributed by atoms with E-state index in [2.05, 4.69) is 10.1 Å². The lowest BCUT2D eigenvalue weighted by molar-refractivity contribution is 0.377. The number of benzene rings is 1. The largest absolute Gasteiger partial charge is 0.508 e. The summed E-state index contributed by atoms with van der Waals surface area (Å²) in [5, 5.41) is 12.5. The molecule has 0 spiro atoms. The molecule has 2 aromatic rings. The molecule has 1 aromatic carbocycles. The molecule has 1 heterocycles. The van der Waals surface area contributed by atoms with Crippen LogP contribution in [0.15, 0.2) is 28.8 Å². The maximum atomic E-state index is 11.4. The van der Waals surface area contributed by atoms with Crippen molar-refractivity contribution in [2.45, 2.75) is 18.6 Å². The maximum absolute atomic E-state index is 11.4. The van der Waals surface area contributed by atoms with Gasteiger partial charge in [0, 0.05) is 11.8 Å². The van der Waals surface area contributed by atoms with Crippen molar-refractivity contribution in [2.75, 3.05) is 6.26 Å². The molecule has 6 nitrogen and oxygen atoms in total. The van der Waals surface area contributed by atoms with Crippen LogP contribution in [0.2, 0.25) is 0 Å². The Labute approximate surface area is 111 Å². The molecule has 7 heteroatoms. The number of para-hydroxylation sites is 1. The number of phenols is 1. The normalized spacial score (nSPS) is 13.4. The van der Waals surface area contributed by atoms with Crippen molar-refractivity contribution in [2.24, 2.45) is 0 Å². The topological polar surface area (TPSA) is 93.3 Å². The van der Waals surface area contributed by atoms with Gasteiger partial charge in [0.05, 0.1) is 6.42 Å². The van der Waals surface area contributed by atoms with E-state index in [4.69, 9.17) is 4.52 Å². The summed E-state index contributed by atoms with van der Waals surface area (Å²) in [4.78, 5) is 4.04. The summed E-state index contributed by atoms with van der Waals surface area (Å²) in [5.74, 6) is 0.540. The molecule has 0 amide bonds. The summed E-state index contributed by atoms with van der Waals surface area (Å²) in [6.07, 6.45) is 1.38. The third-order valence-electron chi connectivity index (χ3n) is 2.82. The van der Waals surface area contributed by atoms with Gasteiger partial charge in [-0.3, -0.25) is 0 Å². The number of phenolic OH excluding ortho intramolecular Hbond substituents is 1. The average Bonchev–Trinajstić information content (AvgIpc) is 2.78. The van der Waals surface area contributed by atoms with Crippen LogP contribution in [0.4, 0.5) is 0 Å². The number of hydrogen-bond acceptors (Lipinski definition) is 6. The third-order valence-corrected chi connectivity index (χ3v) is 4.32. The Morgan fingerprint density at radius 1 is 1.37 bits per heavy atom. The molecule has 0 fully saturated rings. The Morgan fingerprint density at radius 2 is 2.05 bits per heavy atom. The molecule has 0 saturated carbocycles. The van der Waals surface area contributed by atoms with Gasteiger partial charge in [0.25, 0.3) is 0 Å². The Bertz CT molecular complexity index is 679. The molecule has 0 saturated heterocycles. The SMILES string of the molecule is CC(c1noc(Cc2ccccc2O)n1)S(C)(=O)=O. The van der Waals surface area contributed by atoms with Gasteiger partial charge in [-0.1, -0.05) is 23.4 Å². The second kappa shape index (κ2) is 5.00. The zero-order valence-corrected chi connectivity index (χ0v) is 11.4. The number of hydrogen-bond donors (Lipinski definition) is 1. The fraction of sp³-hybridized carbons (Fsp3) is 0.333. The first-order valence-corrected chi connectivity index (χ1v) is 7.61. The molecule has 19 heavy (non-hydrogen) atoms. The van der Waals surface area contributed by atoms with E-state index in [0.717, 1.165) is 6.26 Å². The van der Waals surface area contributed by atoms with Crippen LogP contribution in [-0.4, -0.2) is 29.9 Å². The van der Waals surface area contributed by atoms with Gasteiger partial charge in [-0.25, -0.2) is 8.42 Å². The van der Waals surface area contributed by atoms with E-state index in [1.165, 1.54) is 6.92 Å². The minimum absolute atomic E-state index is 0.132. The summed E-state index contributed by atoms with van der Waals surface area (Å²) >= 11 is 0. The van der Waals surface area contributed by atoms with Crippen molar-refractivity contribution < 1.29 is 18.0 Å². The maximum Gasteiger partial charge on any atom is 0.231 e. The molecule has 102 valence electrons. The van der Waals surface area contributed by atoms with Crippen LogP contribution >= 0.6 is 0 Å². The van der Waals surface area contributed by atoms with Crippen LogP contribution in [0, 0.1) is 0 Å². The second-order valence-electron chi connectivity index (χ2n) is 4.32. The molecule has 1 aromatic heterocycles. The zero-order chi connectivity index (χ0) is 14.0. The van der Waals surface area contributed by atoms with E-state index in [9.17, 15) is 13.5 Å². The second-order valence-corrected chi connectivity index (χ2v) is 6.69.